The standard InChI is InChI=1S/C11H10N2O2.H3N/c12-6-7-1-3-8(4-2-7)9-5-10(14)13-11(9)15;/h1-5H,6,12H2,(H,13,14,15);1H3. The molecule has 0 saturated carbocycles. The van der Waals surface area contributed by atoms with E-state index in [-0.39, 0.29) is 18.0 Å². The molecule has 84 valence electrons. The van der Waals surface area contributed by atoms with Gasteiger partial charge in [-0.25, -0.2) is 0 Å². The van der Waals surface area contributed by atoms with Gasteiger partial charge in [-0.3, -0.25) is 14.9 Å². The van der Waals surface area contributed by atoms with Crippen molar-refractivity contribution in [3.05, 3.63) is 41.5 Å². The normalized spacial score (nSPS) is 14.2. The smallest absolute Gasteiger partial charge is 0.258 e. The van der Waals surface area contributed by atoms with Crippen LogP contribution in [0.4, 0.5) is 0 Å². The van der Waals surface area contributed by atoms with Crippen LogP contribution in [-0.4, -0.2) is 11.8 Å². The lowest BCUT2D eigenvalue weighted by Gasteiger charge is -2.01. The van der Waals surface area contributed by atoms with Gasteiger partial charge >= 0.3 is 0 Å². The van der Waals surface area contributed by atoms with E-state index >= 15 is 0 Å². The van der Waals surface area contributed by atoms with Crippen molar-refractivity contribution in [3.63, 3.8) is 0 Å². The summed E-state index contributed by atoms with van der Waals surface area (Å²) in [5.74, 6) is -0.710. The first-order valence-electron chi connectivity index (χ1n) is 4.57. The fourth-order valence-corrected chi connectivity index (χ4v) is 1.45. The highest BCUT2D eigenvalue weighted by Crippen LogP contribution is 2.18. The maximum Gasteiger partial charge on any atom is 0.258 e. The van der Waals surface area contributed by atoms with Crippen molar-refractivity contribution in [2.24, 2.45) is 5.73 Å². The Bertz CT molecular complexity index is 449. The van der Waals surface area contributed by atoms with Crippen LogP contribution in [-0.2, 0) is 16.1 Å². The molecule has 1 aromatic rings. The molecule has 1 aliphatic rings. The molecule has 0 bridgehead atoms. The number of nitrogens with two attached hydrogens (primary N) is 1. The summed E-state index contributed by atoms with van der Waals surface area (Å²) in [6.07, 6.45) is 1.31. The molecule has 0 spiro atoms. The summed E-state index contributed by atoms with van der Waals surface area (Å²) < 4.78 is 0. The third kappa shape index (κ3) is 2.16. The number of benzene rings is 1. The van der Waals surface area contributed by atoms with Crippen LogP contribution >= 0.6 is 0 Å². The van der Waals surface area contributed by atoms with Gasteiger partial charge in [0.2, 0.25) is 0 Å². The van der Waals surface area contributed by atoms with E-state index in [9.17, 15) is 9.59 Å². The van der Waals surface area contributed by atoms with Crippen molar-refractivity contribution in [2.75, 3.05) is 0 Å². The Morgan fingerprint density at radius 2 is 1.75 bits per heavy atom. The Morgan fingerprint density at radius 3 is 2.19 bits per heavy atom. The van der Waals surface area contributed by atoms with E-state index < -0.39 is 0 Å². The maximum atomic E-state index is 11.3. The summed E-state index contributed by atoms with van der Waals surface area (Å²) in [6, 6.07) is 7.25. The van der Waals surface area contributed by atoms with Crippen molar-refractivity contribution in [2.45, 2.75) is 6.54 Å². The van der Waals surface area contributed by atoms with Gasteiger partial charge in [-0.15, -0.1) is 0 Å². The van der Waals surface area contributed by atoms with Gasteiger partial charge in [0.05, 0.1) is 5.57 Å². The maximum absolute atomic E-state index is 11.3. The monoisotopic (exact) mass is 219 g/mol. The zero-order chi connectivity index (χ0) is 10.8. The van der Waals surface area contributed by atoms with Gasteiger partial charge in [-0.05, 0) is 11.1 Å². The van der Waals surface area contributed by atoms with Crippen LogP contribution in [0.2, 0.25) is 0 Å². The molecule has 6 N–H and O–H groups in total. The molecular formula is C11H13N3O2. The van der Waals surface area contributed by atoms with Gasteiger partial charge < -0.3 is 11.9 Å². The topological polar surface area (TPSA) is 107 Å². The van der Waals surface area contributed by atoms with Gasteiger partial charge in [0.15, 0.2) is 0 Å². The van der Waals surface area contributed by atoms with Crippen LogP contribution in [0, 0.1) is 0 Å². The van der Waals surface area contributed by atoms with E-state index in [4.69, 9.17) is 5.73 Å². The van der Waals surface area contributed by atoms with Crippen LogP contribution in [0.15, 0.2) is 30.3 Å². The van der Waals surface area contributed by atoms with Crippen LogP contribution < -0.4 is 17.2 Å². The molecule has 1 aliphatic heterocycles. The van der Waals surface area contributed by atoms with Gasteiger partial charge in [-0.1, -0.05) is 24.3 Å². The van der Waals surface area contributed by atoms with Crippen LogP contribution in [0.5, 0.6) is 0 Å². The highest BCUT2D eigenvalue weighted by atomic mass is 16.2. The number of amides is 2. The minimum absolute atomic E-state index is 0. The molecule has 2 rings (SSSR count). The van der Waals surface area contributed by atoms with E-state index in [0.29, 0.717) is 12.1 Å². The second-order valence-corrected chi connectivity index (χ2v) is 3.28. The van der Waals surface area contributed by atoms with E-state index in [0.717, 1.165) is 11.1 Å². The molecule has 1 aromatic carbocycles. The highest BCUT2D eigenvalue weighted by Gasteiger charge is 2.21. The van der Waals surface area contributed by atoms with Crippen LogP contribution in [0.1, 0.15) is 11.1 Å². The first kappa shape index (κ1) is 12.1. The molecule has 0 atom stereocenters. The molecular weight excluding hydrogens is 206 g/mol. The lowest BCUT2D eigenvalue weighted by Crippen LogP contribution is -2.21. The summed E-state index contributed by atoms with van der Waals surface area (Å²) in [6.45, 7) is 0.463. The Morgan fingerprint density at radius 1 is 1.12 bits per heavy atom. The quantitative estimate of drug-likeness (QED) is 0.623. The number of imide groups is 1. The van der Waals surface area contributed by atoms with Gasteiger partial charge in [0.25, 0.3) is 11.8 Å². The molecule has 5 nitrogen and oxygen atoms in total. The molecule has 0 fully saturated rings. The Labute approximate surface area is 92.9 Å². The van der Waals surface area contributed by atoms with Gasteiger partial charge in [-0.2, -0.15) is 0 Å². The van der Waals surface area contributed by atoms with Gasteiger partial charge in [0, 0.05) is 12.6 Å². The van der Waals surface area contributed by atoms with E-state index in [1.807, 2.05) is 12.1 Å². The highest BCUT2D eigenvalue weighted by molar-refractivity contribution is 6.33. The third-order valence-electron chi connectivity index (χ3n) is 2.26. The van der Waals surface area contributed by atoms with E-state index in [1.165, 1.54) is 6.08 Å². The summed E-state index contributed by atoms with van der Waals surface area (Å²) >= 11 is 0. The van der Waals surface area contributed by atoms with Crippen molar-refractivity contribution < 1.29 is 9.59 Å². The summed E-state index contributed by atoms with van der Waals surface area (Å²) in [4.78, 5) is 22.2. The first-order chi connectivity index (χ1) is 7.20. The molecule has 0 unspecified atom stereocenters. The van der Waals surface area contributed by atoms with Crippen molar-refractivity contribution in [3.8, 4) is 0 Å². The predicted molar refractivity (Wildman–Crippen MR) is 60.5 cm³/mol. The minimum atomic E-state index is -0.363. The fourth-order valence-electron chi connectivity index (χ4n) is 1.45. The van der Waals surface area contributed by atoms with Crippen molar-refractivity contribution >= 4 is 17.4 Å². The summed E-state index contributed by atoms with van der Waals surface area (Å²) in [5.41, 5.74) is 7.58. The lowest BCUT2D eigenvalue weighted by molar-refractivity contribution is -0.123. The molecule has 16 heavy (non-hydrogen) atoms. The number of hydrogen-bond donors (Lipinski definition) is 3. The zero-order valence-corrected chi connectivity index (χ0v) is 8.69. The first-order valence-corrected chi connectivity index (χ1v) is 4.57. The number of nitrogens with one attached hydrogen (secondary N) is 1. The number of rotatable bonds is 2. The van der Waals surface area contributed by atoms with Crippen LogP contribution in [0.3, 0.4) is 0 Å². The van der Waals surface area contributed by atoms with Crippen LogP contribution in [0.25, 0.3) is 5.57 Å². The zero-order valence-electron chi connectivity index (χ0n) is 8.69. The predicted octanol–water partition coefficient (Wildman–Crippen LogP) is 0.347. The lowest BCUT2D eigenvalue weighted by atomic mass is 10.0. The van der Waals surface area contributed by atoms with E-state index in [2.05, 4.69) is 5.32 Å². The Balaban J connectivity index is 0.00000128. The SMILES string of the molecule is N.NCc1ccc(C2=CC(=O)NC2=O)cc1. The molecule has 0 aromatic heterocycles. The second-order valence-electron chi connectivity index (χ2n) is 3.28. The molecule has 0 saturated heterocycles. The molecule has 5 heteroatoms. The second kappa shape index (κ2) is 4.69. The molecule has 0 radical (unpaired) electrons. The van der Waals surface area contributed by atoms with Crippen molar-refractivity contribution in [1.82, 2.24) is 11.5 Å². The minimum Gasteiger partial charge on any atom is -0.344 e. The number of carbonyl (C=O) groups excluding carboxylic acids is 2. The molecule has 1 heterocycles. The summed E-state index contributed by atoms with van der Waals surface area (Å²) in [5, 5.41) is 2.20. The number of hydrogen-bond acceptors (Lipinski definition) is 4. The molecule has 0 aliphatic carbocycles. The van der Waals surface area contributed by atoms with Gasteiger partial charge in [0.1, 0.15) is 0 Å². The number of carbonyl (C=O) groups is 2. The average molecular weight is 219 g/mol. The molecule has 2 amide bonds. The average Bonchev–Trinajstić information content (AvgIpc) is 2.58. The Kier molecular flexibility index (Phi) is 3.55. The third-order valence-corrected chi connectivity index (χ3v) is 2.26. The largest absolute Gasteiger partial charge is 0.344 e. The Hall–Kier alpha value is -1.98. The fraction of sp³-hybridized carbons (Fsp3) is 0.0909. The van der Waals surface area contributed by atoms with E-state index in [1.54, 1.807) is 12.1 Å². The van der Waals surface area contributed by atoms with Crippen molar-refractivity contribution in [1.29, 1.82) is 0 Å². The summed E-state index contributed by atoms with van der Waals surface area (Å²) in [7, 11) is 0.